The standard InChI is InChI=1S/C15H20N2O3/c18-11-6-5-10(7-11)8-17-15(19)14-9-16-12-3-1-2-4-13(12)20-14/h1-4,10-11,14,16,18H,5-9H2,(H,17,19). The first-order valence-electron chi connectivity index (χ1n) is 7.17. The van der Waals surface area contributed by atoms with Crippen molar-refractivity contribution >= 4 is 11.6 Å². The molecule has 5 nitrogen and oxygen atoms in total. The van der Waals surface area contributed by atoms with Gasteiger partial charge in [-0.3, -0.25) is 4.79 Å². The van der Waals surface area contributed by atoms with Gasteiger partial charge in [-0.15, -0.1) is 0 Å². The van der Waals surface area contributed by atoms with Crippen molar-refractivity contribution in [2.24, 2.45) is 5.92 Å². The number of para-hydroxylation sites is 2. The van der Waals surface area contributed by atoms with E-state index in [0.717, 1.165) is 30.7 Å². The summed E-state index contributed by atoms with van der Waals surface area (Å²) in [5, 5.41) is 15.6. The number of carbonyl (C=O) groups is 1. The fourth-order valence-electron chi connectivity index (χ4n) is 2.85. The van der Waals surface area contributed by atoms with E-state index in [1.165, 1.54) is 0 Å². The highest BCUT2D eigenvalue weighted by Gasteiger charge is 2.27. The average molecular weight is 276 g/mol. The van der Waals surface area contributed by atoms with Crippen molar-refractivity contribution in [2.45, 2.75) is 31.5 Å². The maximum atomic E-state index is 12.1. The normalized spacial score (nSPS) is 28.1. The summed E-state index contributed by atoms with van der Waals surface area (Å²) in [4.78, 5) is 12.1. The van der Waals surface area contributed by atoms with Crippen LogP contribution in [0.4, 0.5) is 5.69 Å². The maximum Gasteiger partial charge on any atom is 0.262 e. The molecule has 1 saturated carbocycles. The largest absolute Gasteiger partial charge is 0.477 e. The number of nitrogens with one attached hydrogen (secondary N) is 2. The number of anilines is 1. The molecule has 1 fully saturated rings. The molecule has 3 N–H and O–H groups in total. The first-order valence-corrected chi connectivity index (χ1v) is 7.17. The second-order valence-electron chi connectivity index (χ2n) is 5.56. The quantitative estimate of drug-likeness (QED) is 0.774. The molecule has 3 rings (SSSR count). The third-order valence-electron chi connectivity index (χ3n) is 4.01. The number of ether oxygens (including phenoxy) is 1. The highest BCUT2D eigenvalue weighted by atomic mass is 16.5. The number of hydrogen-bond acceptors (Lipinski definition) is 4. The SMILES string of the molecule is O=C(NCC1CCC(O)C1)C1CNc2ccccc2O1. The lowest BCUT2D eigenvalue weighted by molar-refractivity contribution is -0.127. The van der Waals surface area contributed by atoms with Crippen molar-refractivity contribution in [3.8, 4) is 5.75 Å². The molecule has 1 aromatic rings. The first kappa shape index (κ1) is 13.2. The van der Waals surface area contributed by atoms with Crippen LogP contribution < -0.4 is 15.4 Å². The Morgan fingerprint density at radius 3 is 3.05 bits per heavy atom. The van der Waals surface area contributed by atoms with E-state index in [1.807, 2.05) is 24.3 Å². The number of carbonyl (C=O) groups excluding carboxylic acids is 1. The topological polar surface area (TPSA) is 70.6 Å². The molecule has 108 valence electrons. The molecule has 0 aromatic heterocycles. The van der Waals surface area contributed by atoms with Crippen LogP contribution in [-0.2, 0) is 4.79 Å². The van der Waals surface area contributed by atoms with Crippen LogP contribution in [0.5, 0.6) is 5.75 Å². The molecule has 2 aliphatic rings. The average Bonchev–Trinajstić information content (AvgIpc) is 2.90. The first-order chi connectivity index (χ1) is 9.72. The molecule has 1 aliphatic carbocycles. The minimum atomic E-state index is -0.490. The zero-order valence-electron chi connectivity index (χ0n) is 11.3. The van der Waals surface area contributed by atoms with Crippen LogP contribution in [0, 0.1) is 5.92 Å². The summed E-state index contributed by atoms with van der Waals surface area (Å²) < 4.78 is 5.71. The van der Waals surface area contributed by atoms with E-state index in [1.54, 1.807) is 0 Å². The molecule has 1 amide bonds. The van der Waals surface area contributed by atoms with Gasteiger partial charge in [-0.2, -0.15) is 0 Å². The van der Waals surface area contributed by atoms with Crippen LogP contribution in [0.3, 0.4) is 0 Å². The van der Waals surface area contributed by atoms with Gasteiger partial charge >= 0.3 is 0 Å². The van der Waals surface area contributed by atoms with Crippen molar-refractivity contribution in [3.05, 3.63) is 24.3 Å². The Hall–Kier alpha value is -1.75. The number of rotatable bonds is 3. The third-order valence-corrected chi connectivity index (χ3v) is 4.01. The van der Waals surface area contributed by atoms with Crippen molar-refractivity contribution in [3.63, 3.8) is 0 Å². The van der Waals surface area contributed by atoms with Gasteiger partial charge in [0.25, 0.3) is 5.91 Å². The lowest BCUT2D eigenvalue weighted by Gasteiger charge is -2.26. The molecule has 3 atom stereocenters. The van der Waals surface area contributed by atoms with Gasteiger partial charge in [-0.1, -0.05) is 12.1 Å². The molecule has 3 unspecified atom stereocenters. The fourth-order valence-corrected chi connectivity index (χ4v) is 2.85. The Morgan fingerprint density at radius 2 is 2.25 bits per heavy atom. The fraction of sp³-hybridized carbons (Fsp3) is 0.533. The monoisotopic (exact) mass is 276 g/mol. The molecule has 0 spiro atoms. The summed E-state index contributed by atoms with van der Waals surface area (Å²) in [5.74, 6) is 1.02. The Bertz CT molecular complexity index is 492. The summed E-state index contributed by atoms with van der Waals surface area (Å²) >= 11 is 0. The Labute approximate surface area is 118 Å². The van der Waals surface area contributed by atoms with Gasteiger partial charge in [0, 0.05) is 6.54 Å². The second-order valence-corrected chi connectivity index (χ2v) is 5.56. The van der Waals surface area contributed by atoms with Gasteiger partial charge in [-0.25, -0.2) is 0 Å². The van der Waals surface area contributed by atoms with Gasteiger partial charge in [0.1, 0.15) is 5.75 Å². The van der Waals surface area contributed by atoms with Crippen LogP contribution in [0.2, 0.25) is 0 Å². The highest BCUT2D eigenvalue weighted by Crippen LogP contribution is 2.28. The Balaban J connectivity index is 1.51. The highest BCUT2D eigenvalue weighted by molar-refractivity contribution is 5.83. The number of amides is 1. The van der Waals surface area contributed by atoms with Crippen molar-refractivity contribution in [1.29, 1.82) is 0 Å². The van der Waals surface area contributed by atoms with Gasteiger partial charge in [0.15, 0.2) is 6.10 Å². The lowest BCUT2D eigenvalue weighted by atomic mass is 10.1. The van der Waals surface area contributed by atoms with E-state index in [0.29, 0.717) is 19.0 Å². The Morgan fingerprint density at radius 1 is 1.40 bits per heavy atom. The lowest BCUT2D eigenvalue weighted by Crippen LogP contribution is -2.45. The molecule has 1 aliphatic heterocycles. The molecular weight excluding hydrogens is 256 g/mol. The van der Waals surface area contributed by atoms with Gasteiger partial charge in [0.2, 0.25) is 0 Å². The molecule has 1 aromatic carbocycles. The van der Waals surface area contributed by atoms with Crippen molar-refractivity contribution in [2.75, 3.05) is 18.4 Å². The maximum absolute atomic E-state index is 12.1. The number of aliphatic hydroxyl groups is 1. The van der Waals surface area contributed by atoms with E-state index in [4.69, 9.17) is 4.74 Å². The summed E-state index contributed by atoms with van der Waals surface area (Å²) in [5.41, 5.74) is 0.926. The minimum absolute atomic E-state index is 0.0895. The predicted molar refractivity (Wildman–Crippen MR) is 75.7 cm³/mol. The van der Waals surface area contributed by atoms with Crippen LogP contribution in [-0.4, -0.2) is 36.3 Å². The predicted octanol–water partition coefficient (Wildman–Crippen LogP) is 1.14. The molecule has 0 saturated heterocycles. The van der Waals surface area contributed by atoms with E-state index >= 15 is 0 Å². The van der Waals surface area contributed by atoms with Gasteiger partial charge in [-0.05, 0) is 37.3 Å². The number of hydrogen-bond donors (Lipinski definition) is 3. The van der Waals surface area contributed by atoms with E-state index in [9.17, 15) is 9.90 Å². The minimum Gasteiger partial charge on any atom is -0.477 e. The molecule has 0 radical (unpaired) electrons. The van der Waals surface area contributed by atoms with Gasteiger partial charge < -0.3 is 20.5 Å². The van der Waals surface area contributed by atoms with E-state index in [-0.39, 0.29) is 12.0 Å². The molecule has 1 heterocycles. The van der Waals surface area contributed by atoms with Crippen LogP contribution in [0.25, 0.3) is 0 Å². The van der Waals surface area contributed by atoms with E-state index in [2.05, 4.69) is 10.6 Å². The third kappa shape index (κ3) is 2.88. The van der Waals surface area contributed by atoms with Crippen molar-refractivity contribution < 1.29 is 14.6 Å². The van der Waals surface area contributed by atoms with Crippen LogP contribution >= 0.6 is 0 Å². The summed E-state index contributed by atoms with van der Waals surface area (Å²) in [6.07, 6.45) is 1.92. The molecular formula is C15H20N2O3. The summed E-state index contributed by atoms with van der Waals surface area (Å²) in [6, 6.07) is 7.61. The summed E-state index contributed by atoms with van der Waals surface area (Å²) in [6.45, 7) is 1.10. The van der Waals surface area contributed by atoms with E-state index < -0.39 is 6.10 Å². The second kappa shape index (κ2) is 5.71. The summed E-state index contributed by atoms with van der Waals surface area (Å²) in [7, 11) is 0. The Kier molecular flexibility index (Phi) is 3.78. The smallest absolute Gasteiger partial charge is 0.262 e. The molecule has 0 bridgehead atoms. The zero-order valence-corrected chi connectivity index (χ0v) is 11.3. The van der Waals surface area contributed by atoms with Crippen LogP contribution in [0.1, 0.15) is 19.3 Å². The number of aliphatic hydroxyl groups excluding tert-OH is 1. The molecule has 5 heteroatoms. The zero-order chi connectivity index (χ0) is 13.9. The molecule has 20 heavy (non-hydrogen) atoms. The van der Waals surface area contributed by atoms with Crippen molar-refractivity contribution in [1.82, 2.24) is 5.32 Å². The number of fused-ring (bicyclic) bond motifs is 1. The number of benzene rings is 1. The van der Waals surface area contributed by atoms with Crippen LogP contribution in [0.15, 0.2) is 24.3 Å². The van der Waals surface area contributed by atoms with Gasteiger partial charge in [0.05, 0.1) is 18.3 Å².